The van der Waals surface area contributed by atoms with Gasteiger partial charge < -0.3 is 10.1 Å². The summed E-state index contributed by atoms with van der Waals surface area (Å²) in [6.07, 6.45) is 0. The number of aliphatic hydroxyl groups excluding tert-OH is 1. The van der Waals surface area contributed by atoms with Crippen molar-refractivity contribution in [2.24, 2.45) is 0 Å². The first-order valence-electron chi connectivity index (χ1n) is 8.41. The van der Waals surface area contributed by atoms with Gasteiger partial charge >= 0.3 is 0 Å². The van der Waals surface area contributed by atoms with E-state index in [4.69, 9.17) is 11.6 Å². The number of fused-ring (bicyclic) bond motifs is 5. The molecular weight excluding hydrogens is 364 g/mol. The highest BCUT2D eigenvalue weighted by Crippen LogP contribution is 2.40. The SMILES string of the molecule is O=C1NC(=O)c2c1c(-c1ccccc1Cl)cc1[nH]c3ccc(CO)cc3c21. The molecule has 0 saturated heterocycles. The van der Waals surface area contributed by atoms with E-state index in [0.717, 1.165) is 22.0 Å². The third-order valence-corrected chi connectivity index (χ3v) is 5.31. The minimum absolute atomic E-state index is 0.104. The molecular formula is C21H13ClN2O3. The number of amides is 2. The van der Waals surface area contributed by atoms with Crippen LogP contribution in [0, 0.1) is 0 Å². The number of hydrogen-bond acceptors (Lipinski definition) is 3. The molecule has 3 N–H and O–H groups in total. The summed E-state index contributed by atoms with van der Waals surface area (Å²) in [6.45, 7) is -0.104. The van der Waals surface area contributed by atoms with Crippen molar-refractivity contribution < 1.29 is 14.7 Å². The highest BCUT2D eigenvalue weighted by molar-refractivity contribution is 6.36. The number of aromatic amines is 1. The summed E-state index contributed by atoms with van der Waals surface area (Å²) < 4.78 is 0. The van der Waals surface area contributed by atoms with Gasteiger partial charge in [-0.3, -0.25) is 14.9 Å². The Morgan fingerprint density at radius 1 is 0.889 bits per heavy atom. The molecule has 132 valence electrons. The van der Waals surface area contributed by atoms with Crippen molar-refractivity contribution in [3.05, 3.63) is 70.2 Å². The zero-order chi connectivity index (χ0) is 18.7. The smallest absolute Gasteiger partial charge is 0.259 e. The summed E-state index contributed by atoms with van der Waals surface area (Å²) in [4.78, 5) is 28.5. The number of aliphatic hydroxyl groups is 1. The van der Waals surface area contributed by atoms with E-state index in [1.807, 2.05) is 42.5 Å². The van der Waals surface area contributed by atoms with Crippen molar-refractivity contribution in [2.45, 2.75) is 6.61 Å². The number of rotatable bonds is 2. The van der Waals surface area contributed by atoms with E-state index in [2.05, 4.69) is 10.3 Å². The van der Waals surface area contributed by atoms with Crippen LogP contribution in [0.5, 0.6) is 0 Å². The van der Waals surface area contributed by atoms with Crippen molar-refractivity contribution in [3.63, 3.8) is 0 Å². The lowest BCUT2D eigenvalue weighted by Gasteiger charge is -2.09. The molecule has 2 amide bonds. The van der Waals surface area contributed by atoms with E-state index >= 15 is 0 Å². The zero-order valence-corrected chi connectivity index (χ0v) is 14.7. The number of carbonyl (C=O) groups excluding carboxylic acids is 2. The molecule has 1 aromatic heterocycles. The summed E-state index contributed by atoms with van der Waals surface area (Å²) in [5.41, 5.74) is 4.27. The first kappa shape index (κ1) is 16.1. The van der Waals surface area contributed by atoms with E-state index in [0.29, 0.717) is 32.7 Å². The molecule has 0 fully saturated rings. The Labute approximate surface area is 158 Å². The molecule has 0 unspecified atom stereocenters. The van der Waals surface area contributed by atoms with Gasteiger partial charge in [-0.1, -0.05) is 35.9 Å². The summed E-state index contributed by atoms with van der Waals surface area (Å²) in [5, 5.41) is 13.8. The maximum atomic E-state index is 12.6. The third kappa shape index (κ3) is 2.22. The average molecular weight is 377 g/mol. The number of carbonyl (C=O) groups is 2. The summed E-state index contributed by atoms with van der Waals surface area (Å²) in [6, 6.07) is 14.6. The molecule has 0 spiro atoms. The second-order valence-electron chi connectivity index (χ2n) is 6.52. The molecule has 27 heavy (non-hydrogen) atoms. The van der Waals surface area contributed by atoms with Crippen molar-refractivity contribution in [1.82, 2.24) is 10.3 Å². The second-order valence-corrected chi connectivity index (χ2v) is 6.93. The van der Waals surface area contributed by atoms with E-state index in [9.17, 15) is 14.7 Å². The molecule has 5 nitrogen and oxygen atoms in total. The maximum Gasteiger partial charge on any atom is 0.259 e. The van der Waals surface area contributed by atoms with Crippen molar-refractivity contribution in [2.75, 3.05) is 0 Å². The predicted octanol–water partition coefficient (Wildman–Crippen LogP) is 4.02. The molecule has 0 saturated carbocycles. The van der Waals surface area contributed by atoms with E-state index in [1.54, 1.807) is 6.07 Å². The van der Waals surface area contributed by atoms with Crippen molar-refractivity contribution >= 4 is 45.2 Å². The van der Waals surface area contributed by atoms with Gasteiger partial charge in [-0.05, 0) is 35.4 Å². The van der Waals surface area contributed by atoms with Crippen LogP contribution in [-0.4, -0.2) is 21.9 Å². The second kappa shape index (κ2) is 5.67. The van der Waals surface area contributed by atoms with Gasteiger partial charge in [0.05, 0.1) is 17.7 Å². The lowest BCUT2D eigenvalue weighted by Crippen LogP contribution is -2.20. The fourth-order valence-corrected chi connectivity index (χ4v) is 4.03. The van der Waals surface area contributed by atoms with Gasteiger partial charge in [-0.2, -0.15) is 0 Å². The molecule has 1 aliphatic heterocycles. The van der Waals surface area contributed by atoms with E-state index in [-0.39, 0.29) is 6.61 Å². The van der Waals surface area contributed by atoms with Gasteiger partial charge in [0, 0.05) is 32.4 Å². The Bertz CT molecular complexity index is 1290. The van der Waals surface area contributed by atoms with Gasteiger partial charge in [-0.25, -0.2) is 0 Å². The number of halogens is 1. The third-order valence-electron chi connectivity index (χ3n) is 4.98. The van der Waals surface area contributed by atoms with Gasteiger partial charge in [-0.15, -0.1) is 0 Å². The van der Waals surface area contributed by atoms with Gasteiger partial charge in [0.2, 0.25) is 0 Å². The Kier molecular flexibility index (Phi) is 3.37. The topological polar surface area (TPSA) is 82.2 Å². The molecule has 6 heteroatoms. The van der Waals surface area contributed by atoms with E-state index in [1.165, 1.54) is 0 Å². The van der Waals surface area contributed by atoms with Crippen LogP contribution in [0.1, 0.15) is 26.3 Å². The molecule has 0 radical (unpaired) electrons. The summed E-state index contributed by atoms with van der Waals surface area (Å²) in [7, 11) is 0. The Morgan fingerprint density at radius 3 is 2.44 bits per heavy atom. The number of nitrogens with one attached hydrogen (secondary N) is 2. The van der Waals surface area contributed by atoms with Crippen LogP contribution >= 0.6 is 11.6 Å². The molecule has 2 heterocycles. The number of aromatic nitrogens is 1. The standard InChI is InChI=1S/C21H13ClN2O3/c22-14-4-2-1-3-11(14)12-8-16-17(19-18(12)20(26)24-21(19)27)13-7-10(9-25)5-6-15(13)23-16/h1-8,23,25H,9H2,(H,24,26,27). The van der Waals surface area contributed by atoms with Crippen LogP contribution in [0.4, 0.5) is 0 Å². The first-order chi connectivity index (χ1) is 13.1. The molecule has 4 aromatic rings. The van der Waals surface area contributed by atoms with Crippen molar-refractivity contribution in [1.29, 1.82) is 0 Å². The molecule has 5 rings (SSSR count). The van der Waals surface area contributed by atoms with E-state index < -0.39 is 11.8 Å². The molecule has 3 aromatic carbocycles. The number of benzene rings is 3. The number of imide groups is 1. The minimum Gasteiger partial charge on any atom is -0.392 e. The first-order valence-corrected chi connectivity index (χ1v) is 8.79. The van der Waals surface area contributed by atoms with Gasteiger partial charge in [0.25, 0.3) is 11.8 Å². The van der Waals surface area contributed by atoms with Gasteiger partial charge in [0.1, 0.15) is 0 Å². The Hall–Kier alpha value is -3.15. The Morgan fingerprint density at radius 2 is 1.67 bits per heavy atom. The lowest BCUT2D eigenvalue weighted by molar-refractivity contribution is 0.0880. The molecule has 0 bridgehead atoms. The van der Waals surface area contributed by atoms with Crippen LogP contribution < -0.4 is 5.32 Å². The zero-order valence-electron chi connectivity index (χ0n) is 14.0. The van der Waals surface area contributed by atoms with Crippen LogP contribution in [0.25, 0.3) is 32.9 Å². The van der Waals surface area contributed by atoms with Crippen molar-refractivity contribution in [3.8, 4) is 11.1 Å². The monoisotopic (exact) mass is 376 g/mol. The molecule has 1 aliphatic rings. The largest absolute Gasteiger partial charge is 0.392 e. The Balaban J connectivity index is 1.97. The van der Waals surface area contributed by atoms with Crippen LogP contribution in [0.15, 0.2) is 48.5 Å². The average Bonchev–Trinajstić information content (AvgIpc) is 3.17. The van der Waals surface area contributed by atoms with Crippen LogP contribution in [-0.2, 0) is 6.61 Å². The normalized spacial score (nSPS) is 13.4. The fourth-order valence-electron chi connectivity index (χ4n) is 3.80. The highest BCUT2D eigenvalue weighted by atomic mass is 35.5. The van der Waals surface area contributed by atoms with Crippen LogP contribution in [0.2, 0.25) is 5.02 Å². The number of hydrogen-bond donors (Lipinski definition) is 3. The maximum absolute atomic E-state index is 12.6. The quantitative estimate of drug-likeness (QED) is 0.462. The lowest BCUT2D eigenvalue weighted by atomic mass is 9.92. The highest BCUT2D eigenvalue weighted by Gasteiger charge is 2.34. The fraction of sp³-hybridized carbons (Fsp3) is 0.0476. The minimum atomic E-state index is -0.431. The summed E-state index contributed by atoms with van der Waals surface area (Å²) in [5.74, 6) is -0.858. The van der Waals surface area contributed by atoms with Crippen LogP contribution in [0.3, 0.4) is 0 Å². The molecule has 0 aliphatic carbocycles. The summed E-state index contributed by atoms with van der Waals surface area (Å²) >= 11 is 6.36. The number of H-pyrrole nitrogens is 1. The predicted molar refractivity (Wildman–Crippen MR) is 104 cm³/mol. The van der Waals surface area contributed by atoms with Gasteiger partial charge in [0.15, 0.2) is 0 Å². The molecule has 0 atom stereocenters.